The maximum absolute atomic E-state index is 14.4. The average Bonchev–Trinajstić information content (AvgIpc) is 3.84. The van der Waals surface area contributed by atoms with Crippen molar-refractivity contribution < 1.29 is 24.0 Å². The van der Waals surface area contributed by atoms with E-state index in [0.29, 0.717) is 10.8 Å². The van der Waals surface area contributed by atoms with Crippen LogP contribution in [0.15, 0.2) is 124 Å². The van der Waals surface area contributed by atoms with Gasteiger partial charge in [-0.05, 0) is 20.8 Å². The van der Waals surface area contributed by atoms with Crippen molar-refractivity contribution in [1.82, 2.24) is 30.2 Å². The number of aromatic nitrogens is 4. The molecule has 13 nitrogen and oxygen atoms in total. The van der Waals surface area contributed by atoms with Gasteiger partial charge in [0, 0.05) is 46.0 Å². The van der Waals surface area contributed by atoms with Crippen LogP contribution in [0.3, 0.4) is 0 Å². The number of benzene rings is 3. The number of carbonyl (C=O) groups excluding carboxylic acids is 3. The normalized spacial score (nSPS) is 17.0. The number of carbonyl (C=O) groups is 3. The highest BCUT2D eigenvalue weighted by atomic mass is 32.2. The number of amides is 3. The molecule has 0 spiro atoms. The quantitative estimate of drug-likeness (QED) is 0.0314. The number of rotatable bonds is 13. The maximum Gasteiger partial charge on any atom is 0.413 e. The van der Waals surface area contributed by atoms with Crippen LogP contribution in [-0.4, -0.2) is 76.4 Å². The molecule has 17 heteroatoms. The highest BCUT2D eigenvalue weighted by molar-refractivity contribution is 8.18. The van der Waals surface area contributed by atoms with E-state index >= 15 is 0 Å². The van der Waals surface area contributed by atoms with E-state index in [1.165, 1.54) is 0 Å². The Morgan fingerprint density at radius 2 is 1.57 bits per heavy atom. The molecule has 2 atom stereocenters. The molecule has 56 heavy (non-hydrogen) atoms. The van der Waals surface area contributed by atoms with Crippen molar-refractivity contribution in [2.75, 3.05) is 16.2 Å². The number of hydrogen-bond acceptors (Lipinski definition) is 13. The number of oxime groups is 1. The van der Waals surface area contributed by atoms with E-state index in [1.807, 2.05) is 110 Å². The molecule has 0 saturated carbocycles. The van der Waals surface area contributed by atoms with Crippen LogP contribution in [-0.2, 0) is 31.8 Å². The molecule has 2 aliphatic heterocycles. The summed E-state index contributed by atoms with van der Waals surface area (Å²) < 4.78 is 7.07. The van der Waals surface area contributed by atoms with Crippen molar-refractivity contribution in [1.29, 1.82) is 0 Å². The fourth-order valence-electron chi connectivity index (χ4n) is 5.97. The van der Waals surface area contributed by atoms with Gasteiger partial charge in [-0.2, -0.15) is 0 Å². The Morgan fingerprint density at radius 3 is 2.14 bits per heavy atom. The molecule has 3 aromatic carbocycles. The second-order valence-corrected chi connectivity index (χ2v) is 18.0. The zero-order valence-electron chi connectivity index (χ0n) is 30.8. The fraction of sp³-hybridized carbons (Fsp3) is 0.256. The number of thioether (sulfide) groups is 3. The smallest absolute Gasteiger partial charge is 0.413 e. The van der Waals surface area contributed by atoms with Gasteiger partial charge in [-0.1, -0.05) is 113 Å². The number of hydrogen-bond donors (Lipinski definition) is 2. The molecular formula is C39H38N8O5S4. The number of fused-ring (bicyclic) bond motifs is 1. The molecule has 0 bridgehead atoms. The van der Waals surface area contributed by atoms with Crippen LogP contribution in [0.2, 0.25) is 0 Å². The molecular weight excluding hydrogens is 789 g/mol. The molecule has 0 radical (unpaired) electrons. The van der Waals surface area contributed by atoms with Gasteiger partial charge < -0.3 is 19.8 Å². The summed E-state index contributed by atoms with van der Waals surface area (Å²) in [5.74, 6) is -0.227. The molecule has 3 amide bonds. The average molecular weight is 827 g/mol. The van der Waals surface area contributed by atoms with Gasteiger partial charge in [-0.25, -0.2) is 9.78 Å². The molecule has 2 N–H and O–H groups in total. The minimum absolute atomic E-state index is 0.140. The zero-order chi connectivity index (χ0) is 39.3. The second kappa shape index (κ2) is 17.0. The lowest BCUT2D eigenvalue weighted by Crippen LogP contribution is -2.69. The Labute approximate surface area is 340 Å². The lowest BCUT2D eigenvalue weighted by atomic mass is 9.80. The van der Waals surface area contributed by atoms with Gasteiger partial charge >= 0.3 is 6.09 Å². The summed E-state index contributed by atoms with van der Waals surface area (Å²) in [6.07, 6.45) is 3.02. The monoisotopic (exact) mass is 826 g/mol. The molecule has 0 aliphatic carbocycles. The Bertz CT molecular complexity index is 2150. The van der Waals surface area contributed by atoms with Crippen LogP contribution in [0.5, 0.6) is 0 Å². The van der Waals surface area contributed by atoms with Crippen LogP contribution in [0.4, 0.5) is 9.93 Å². The first kappa shape index (κ1) is 39.1. The van der Waals surface area contributed by atoms with E-state index < -0.39 is 29.2 Å². The van der Waals surface area contributed by atoms with Crippen molar-refractivity contribution >= 4 is 75.4 Å². The molecule has 2 aliphatic rings. The molecule has 7 rings (SSSR count). The SMILES string of the molecule is Cn1cc(SCSC2=CN3C(=O)C(NC(=O)C(=NOC(c4ccccc4)(c4ccccc4)c4ccccc4)c4csc(NC(=O)OC(C)(C)C)n4)[C@@H]3SC2)nn1. The van der Waals surface area contributed by atoms with E-state index in [0.717, 1.165) is 38.0 Å². The van der Waals surface area contributed by atoms with E-state index in [9.17, 15) is 14.4 Å². The third kappa shape index (κ3) is 8.80. The van der Waals surface area contributed by atoms with Crippen LogP contribution >= 0.6 is 46.6 Å². The number of β-lactam (4-membered cyclic amide) rings is 1. The lowest BCUT2D eigenvalue weighted by Gasteiger charge is -2.47. The van der Waals surface area contributed by atoms with Gasteiger partial charge in [-0.15, -0.1) is 40.0 Å². The van der Waals surface area contributed by atoms with Crippen molar-refractivity contribution in [2.45, 2.75) is 48.4 Å². The highest BCUT2D eigenvalue weighted by Crippen LogP contribution is 2.42. The Hall–Kier alpha value is -5.10. The number of nitrogens with one attached hydrogen (secondary N) is 2. The Morgan fingerprint density at radius 1 is 0.946 bits per heavy atom. The molecule has 288 valence electrons. The first-order valence-electron chi connectivity index (χ1n) is 17.5. The Balaban J connectivity index is 1.18. The lowest BCUT2D eigenvalue weighted by molar-refractivity contribution is -0.143. The molecule has 1 fully saturated rings. The fourth-order valence-corrected chi connectivity index (χ4v) is 10.1. The van der Waals surface area contributed by atoms with Gasteiger partial charge in [0.15, 0.2) is 10.8 Å². The van der Waals surface area contributed by atoms with Gasteiger partial charge in [0.25, 0.3) is 11.8 Å². The first-order valence-corrected chi connectivity index (χ1v) is 21.4. The third-order valence-electron chi connectivity index (χ3n) is 8.46. The summed E-state index contributed by atoms with van der Waals surface area (Å²) in [6.45, 7) is 5.28. The number of thiazole rings is 1. The summed E-state index contributed by atoms with van der Waals surface area (Å²) in [6, 6.07) is 28.1. The minimum atomic E-state index is -1.30. The van der Waals surface area contributed by atoms with Crippen molar-refractivity contribution in [3.63, 3.8) is 0 Å². The van der Waals surface area contributed by atoms with Gasteiger partial charge in [0.2, 0.25) is 5.60 Å². The van der Waals surface area contributed by atoms with Gasteiger partial charge in [0.1, 0.15) is 27.7 Å². The van der Waals surface area contributed by atoms with Crippen LogP contribution in [0, 0.1) is 0 Å². The van der Waals surface area contributed by atoms with Crippen LogP contribution in [0.1, 0.15) is 43.2 Å². The summed E-state index contributed by atoms with van der Waals surface area (Å²) >= 11 is 5.88. The first-order chi connectivity index (χ1) is 27.0. The molecule has 4 heterocycles. The standard InChI is InChI=1S/C39H38N8O5S4/c1-38(2,3)51-37(50)42-36-40-29(23-54-36)31(33(48)41-32-34(49)47-20-28(22-53-35(32)47)55-24-56-30-21-46(4)45-43-30)44-52-39(25-14-8-5-9-15-25,26-16-10-6-11-17-26)27-18-12-7-13-19-27/h5-21,23,32,35H,22,24H2,1-4H3,(H,41,48)(H,40,42,50)/t32?,35-/m0/s1. The van der Waals surface area contributed by atoms with E-state index in [4.69, 9.17) is 9.57 Å². The van der Waals surface area contributed by atoms with Crippen molar-refractivity contribution in [3.8, 4) is 0 Å². The minimum Gasteiger partial charge on any atom is -0.444 e. The van der Waals surface area contributed by atoms with Gasteiger partial charge in [-0.3, -0.25) is 19.6 Å². The molecule has 1 unspecified atom stereocenters. The number of anilines is 1. The van der Waals surface area contributed by atoms with Crippen LogP contribution < -0.4 is 10.6 Å². The highest BCUT2D eigenvalue weighted by Gasteiger charge is 2.50. The van der Waals surface area contributed by atoms with Gasteiger partial charge in [0.05, 0.1) is 11.3 Å². The summed E-state index contributed by atoms with van der Waals surface area (Å²) in [5, 5.41) is 21.3. The summed E-state index contributed by atoms with van der Waals surface area (Å²) in [7, 11) is 1.82. The summed E-state index contributed by atoms with van der Waals surface area (Å²) in [4.78, 5) is 54.4. The second-order valence-electron chi connectivity index (χ2n) is 13.6. The van der Waals surface area contributed by atoms with E-state index in [-0.39, 0.29) is 27.8 Å². The number of aryl methyl sites for hydroxylation is 1. The largest absolute Gasteiger partial charge is 0.444 e. The molecule has 2 aromatic heterocycles. The van der Waals surface area contributed by atoms with Crippen LogP contribution in [0.25, 0.3) is 0 Å². The van der Waals surface area contributed by atoms with Crippen molar-refractivity contribution in [2.24, 2.45) is 12.2 Å². The molecule has 5 aromatic rings. The Kier molecular flexibility index (Phi) is 11.8. The third-order valence-corrected chi connectivity index (χ3v) is 12.8. The maximum atomic E-state index is 14.4. The van der Waals surface area contributed by atoms with E-state index in [1.54, 1.807) is 71.0 Å². The predicted molar refractivity (Wildman–Crippen MR) is 221 cm³/mol. The van der Waals surface area contributed by atoms with Crippen molar-refractivity contribution in [3.05, 3.63) is 136 Å². The number of nitrogens with zero attached hydrogens (tertiary/aromatic N) is 6. The summed E-state index contributed by atoms with van der Waals surface area (Å²) in [5.41, 5.74) is 0.244. The predicted octanol–water partition coefficient (Wildman–Crippen LogP) is 7.06. The number of ether oxygens (including phenoxy) is 1. The zero-order valence-corrected chi connectivity index (χ0v) is 34.1. The van der Waals surface area contributed by atoms with E-state index in [2.05, 4.69) is 31.1 Å². The topological polar surface area (TPSA) is 153 Å². The molecule has 1 saturated heterocycles.